The SMILES string of the molecule is COc1ccc(OC(C)C(=O)Nc2ccc3c(c2)C(=O)N(c2ccccc2)C3=O)cc1. The van der Waals surface area contributed by atoms with E-state index < -0.39 is 12.0 Å². The molecule has 0 bridgehead atoms. The van der Waals surface area contributed by atoms with Crippen LogP contribution in [0.4, 0.5) is 11.4 Å². The number of methoxy groups -OCH3 is 1. The van der Waals surface area contributed by atoms with Crippen LogP contribution in [0.15, 0.2) is 72.8 Å². The van der Waals surface area contributed by atoms with Crippen LogP contribution >= 0.6 is 0 Å². The topological polar surface area (TPSA) is 84.9 Å². The number of ether oxygens (including phenoxy) is 2. The van der Waals surface area contributed by atoms with Crippen molar-refractivity contribution in [2.24, 2.45) is 0 Å². The second kappa shape index (κ2) is 8.31. The van der Waals surface area contributed by atoms with Crippen molar-refractivity contribution in [2.45, 2.75) is 13.0 Å². The summed E-state index contributed by atoms with van der Waals surface area (Å²) in [6, 6.07) is 20.3. The highest BCUT2D eigenvalue weighted by Gasteiger charge is 2.36. The van der Waals surface area contributed by atoms with E-state index in [2.05, 4.69) is 5.32 Å². The van der Waals surface area contributed by atoms with Crippen molar-refractivity contribution in [3.63, 3.8) is 0 Å². The number of rotatable bonds is 6. The summed E-state index contributed by atoms with van der Waals surface area (Å²) < 4.78 is 10.8. The monoisotopic (exact) mass is 416 g/mol. The molecule has 1 heterocycles. The molecule has 3 aromatic carbocycles. The summed E-state index contributed by atoms with van der Waals surface area (Å²) in [5.41, 5.74) is 1.45. The Hall–Kier alpha value is -4.13. The molecule has 0 aromatic heterocycles. The fourth-order valence-corrected chi connectivity index (χ4v) is 3.29. The first-order valence-corrected chi connectivity index (χ1v) is 9.67. The van der Waals surface area contributed by atoms with Crippen molar-refractivity contribution >= 4 is 29.1 Å². The maximum absolute atomic E-state index is 12.8. The third kappa shape index (κ3) is 3.98. The fourth-order valence-electron chi connectivity index (χ4n) is 3.29. The Kier molecular flexibility index (Phi) is 5.41. The largest absolute Gasteiger partial charge is 0.497 e. The Labute approximate surface area is 179 Å². The van der Waals surface area contributed by atoms with Crippen LogP contribution in [0.1, 0.15) is 27.6 Å². The van der Waals surface area contributed by atoms with Crippen molar-refractivity contribution < 1.29 is 23.9 Å². The number of hydrogen-bond donors (Lipinski definition) is 1. The molecular formula is C24H20N2O5. The van der Waals surface area contributed by atoms with Crippen molar-refractivity contribution in [1.82, 2.24) is 0 Å². The molecule has 1 atom stereocenters. The fraction of sp³-hybridized carbons (Fsp3) is 0.125. The van der Waals surface area contributed by atoms with Gasteiger partial charge in [-0.2, -0.15) is 0 Å². The molecule has 1 aliphatic heterocycles. The minimum atomic E-state index is -0.778. The average molecular weight is 416 g/mol. The van der Waals surface area contributed by atoms with Crippen molar-refractivity contribution in [2.75, 3.05) is 17.3 Å². The summed E-state index contributed by atoms with van der Waals surface area (Å²) >= 11 is 0. The molecule has 3 amide bonds. The number of carbonyl (C=O) groups is 3. The Bertz CT molecular complexity index is 1140. The molecule has 0 saturated carbocycles. The lowest BCUT2D eigenvalue weighted by molar-refractivity contribution is -0.122. The third-order valence-electron chi connectivity index (χ3n) is 4.91. The highest BCUT2D eigenvalue weighted by Crippen LogP contribution is 2.30. The summed E-state index contributed by atoms with van der Waals surface area (Å²) in [6.07, 6.45) is -0.778. The molecule has 0 radical (unpaired) electrons. The van der Waals surface area contributed by atoms with E-state index in [1.807, 2.05) is 6.07 Å². The van der Waals surface area contributed by atoms with Gasteiger partial charge in [0, 0.05) is 5.69 Å². The number of nitrogens with one attached hydrogen (secondary N) is 1. The molecule has 4 rings (SSSR count). The first kappa shape index (κ1) is 20.2. The minimum Gasteiger partial charge on any atom is -0.497 e. The van der Waals surface area contributed by atoms with E-state index in [0.717, 1.165) is 4.90 Å². The molecule has 7 nitrogen and oxygen atoms in total. The summed E-state index contributed by atoms with van der Waals surface area (Å²) in [6.45, 7) is 1.62. The van der Waals surface area contributed by atoms with Gasteiger partial charge in [-0.1, -0.05) is 18.2 Å². The molecule has 0 spiro atoms. The van der Waals surface area contributed by atoms with E-state index in [9.17, 15) is 14.4 Å². The average Bonchev–Trinajstić information content (AvgIpc) is 3.04. The molecular weight excluding hydrogens is 396 g/mol. The molecule has 1 aliphatic rings. The van der Waals surface area contributed by atoms with Gasteiger partial charge in [0.05, 0.1) is 23.9 Å². The predicted molar refractivity (Wildman–Crippen MR) is 116 cm³/mol. The predicted octanol–water partition coefficient (Wildman–Crippen LogP) is 3.90. The van der Waals surface area contributed by atoms with E-state index >= 15 is 0 Å². The zero-order chi connectivity index (χ0) is 22.0. The van der Waals surface area contributed by atoms with Gasteiger partial charge in [0.1, 0.15) is 11.5 Å². The normalized spacial score (nSPS) is 13.5. The summed E-state index contributed by atoms with van der Waals surface area (Å²) in [7, 11) is 1.57. The van der Waals surface area contributed by atoms with Gasteiger partial charge in [-0.15, -0.1) is 0 Å². The first-order valence-electron chi connectivity index (χ1n) is 9.67. The molecule has 0 aliphatic carbocycles. The van der Waals surface area contributed by atoms with Gasteiger partial charge >= 0.3 is 0 Å². The smallest absolute Gasteiger partial charge is 0.266 e. The molecule has 3 aromatic rings. The van der Waals surface area contributed by atoms with Crippen LogP contribution in [-0.2, 0) is 4.79 Å². The number of anilines is 2. The molecule has 1 N–H and O–H groups in total. The lowest BCUT2D eigenvalue weighted by atomic mass is 10.1. The minimum absolute atomic E-state index is 0.246. The van der Waals surface area contributed by atoms with Crippen LogP contribution in [0.3, 0.4) is 0 Å². The summed E-state index contributed by atoms with van der Waals surface area (Å²) in [5, 5.41) is 2.73. The van der Waals surface area contributed by atoms with Gasteiger partial charge in [-0.25, -0.2) is 4.90 Å². The highest BCUT2D eigenvalue weighted by molar-refractivity contribution is 6.34. The molecule has 7 heteroatoms. The molecule has 31 heavy (non-hydrogen) atoms. The zero-order valence-electron chi connectivity index (χ0n) is 17.0. The van der Waals surface area contributed by atoms with E-state index in [1.54, 1.807) is 74.7 Å². The second-order valence-corrected chi connectivity index (χ2v) is 6.97. The summed E-state index contributed by atoms with van der Waals surface area (Å²) in [5.74, 6) is 0.0145. The number of imide groups is 1. The first-order chi connectivity index (χ1) is 15.0. The maximum Gasteiger partial charge on any atom is 0.266 e. The quantitative estimate of drug-likeness (QED) is 0.616. The van der Waals surface area contributed by atoms with Crippen molar-refractivity contribution in [1.29, 1.82) is 0 Å². The second-order valence-electron chi connectivity index (χ2n) is 6.97. The van der Waals surface area contributed by atoms with Crippen LogP contribution in [0.25, 0.3) is 0 Å². The highest BCUT2D eigenvalue weighted by atomic mass is 16.5. The third-order valence-corrected chi connectivity index (χ3v) is 4.91. The van der Waals surface area contributed by atoms with Gasteiger partial charge in [0.2, 0.25) is 0 Å². The Morgan fingerprint density at radius 1 is 0.871 bits per heavy atom. The molecule has 156 valence electrons. The van der Waals surface area contributed by atoms with E-state index in [1.165, 1.54) is 6.07 Å². The number of para-hydroxylation sites is 1. The Balaban J connectivity index is 1.47. The lowest BCUT2D eigenvalue weighted by Gasteiger charge is -2.15. The van der Waals surface area contributed by atoms with Crippen LogP contribution in [-0.4, -0.2) is 30.9 Å². The Morgan fingerprint density at radius 2 is 1.52 bits per heavy atom. The number of nitrogens with zero attached hydrogens (tertiary/aromatic N) is 1. The van der Waals surface area contributed by atoms with Crippen LogP contribution in [0.5, 0.6) is 11.5 Å². The number of hydrogen-bond acceptors (Lipinski definition) is 5. The van der Waals surface area contributed by atoms with E-state index in [0.29, 0.717) is 28.4 Å². The van der Waals surface area contributed by atoms with Crippen LogP contribution < -0.4 is 19.7 Å². The number of carbonyl (C=O) groups excluding carboxylic acids is 3. The van der Waals surface area contributed by atoms with Gasteiger partial charge in [-0.3, -0.25) is 14.4 Å². The number of benzene rings is 3. The summed E-state index contributed by atoms with van der Waals surface area (Å²) in [4.78, 5) is 39.2. The standard InChI is InChI=1S/C24H20N2O5/c1-15(31-19-11-9-18(30-2)10-12-19)22(27)25-16-8-13-20-21(14-16)24(29)26(23(20)28)17-6-4-3-5-7-17/h3-15H,1-2H3,(H,25,27). The van der Waals surface area contributed by atoms with Crippen LogP contribution in [0, 0.1) is 0 Å². The van der Waals surface area contributed by atoms with E-state index in [-0.39, 0.29) is 17.4 Å². The van der Waals surface area contributed by atoms with Crippen molar-refractivity contribution in [3.8, 4) is 11.5 Å². The van der Waals surface area contributed by atoms with Crippen LogP contribution in [0.2, 0.25) is 0 Å². The van der Waals surface area contributed by atoms with Gasteiger partial charge in [-0.05, 0) is 61.5 Å². The van der Waals surface area contributed by atoms with Gasteiger partial charge in [0.25, 0.3) is 17.7 Å². The maximum atomic E-state index is 12.8. The van der Waals surface area contributed by atoms with Gasteiger partial charge in [0.15, 0.2) is 6.10 Å². The molecule has 0 fully saturated rings. The number of fused-ring (bicyclic) bond motifs is 1. The number of amides is 3. The molecule has 0 saturated heterocycles. The molecule has 1 unspecified atom stereocenters. The van der Waals surface area contributed by atoms with E-state index in [4.69, 9.17) is 9.47 Å². The Morgan fingerprint density at radius 3 is 2.19 bits per heavy atom. The zero-order valence-corrected chi connectivity index (χ0v) is 17.0. The van der Waals surface area contributed by atoms with Gasteiger partial charge < -0.3 is 14.8 Å². The lowest BCUT2D eigenvalue weighted by Crippen LogP contribution is -2.30. The van der Waals surface area contributed by atoms with Crippen molar-refractivity contribution in [3.05, 3.63) is 83.9 Å².